The first-order valence-corrected chi connectivity index (χ1v) is 6.93. The van der Waals surface area contributed by atoms with Crippen molar-refractivity contribution in [2.45, 2.75) is 13.3 Å². The first-order valence-electron chi connectivity index (χ1n) is 6.52. The third-order valence-corrected chi connectivity index (χ3v) is 3.15. The number of hydrogen-bond donors (Lipinski definition) is 2. The van der Waals surface area contributed by atoms with Crippen LogP contribution in [-0.2, 0) is 6.42 Å². The van der Waals surface area contributed by atoms with E-state index in [1.54, 1.807) is 7.11 Å². The summed E-state index contributed by atoms with van der Waals surface area (Å²) in [7, 11) is 1.65. The summed E-state index contributed by atoms with van der Waals surface area (Å²) in [5.74, 6) is 0.824. The molecule has 2 rings (SSSR count). The van der Waals surface area contributed by atoms with Gasteiger partial charge in [-0.05, 0) is 60.6 Å². The van der Waals surface area contributed by atoms with Crippen molar-refractivity contribution in [3.05, 3.63) is 54.1 Å². The van der Waals surface area contributed by atoms with Crippen molar-refractivity contribution < 1.29 is 4.74 Å². The molecule has 2 aromatic rings. The number of anilines is 2. The molecule has 0 atom stereocenters. The summed E-state index contributed by atoms with van der Waals surface area (Å²) in [4.78, 5) is 0. The summed E-state index contributed by atoms with van der Waals surface area (Å²) >= 11 is 5.31. The molecule has 0 bridgehead atoms. The molecule has 0 unspecified atom stereocenters. The summed E-state index contributed by atoms with van der Waals surface area (Å²) in [5, 5.41) is 6.90. The molecular weight excluding hydrogens is 268 g/mol. The Morgan fingerprint density at radius 2 is 1.75 bits per heavy atom. The van der Waals surface area contributed by atoms with Gasteiger partial charge in [0.25, 0.3) is 0 Å². The van der Waals surface area contributed by atoms with Crippen LogP contribution in [0.3, 0.4) is 0 Å². The molecule has 0 saturated carbocycles. The third-order valence-electron chi connectivity index (χ3n) is 2.94. The second-order valence-electron chi connectivity index (χ2n) is 4.36. The molecule has 0 amide bonds. The minimum Gasteiger partial charge on any atom is -0.497 e. The van der Waals surface area contributed by atoms with Gasteiger partial charge in [0.1, 0.15) is 5.75 Å². The van der Waals surface area contributed by atoms with Crippen molar-refractivity contribution in [3.8, 4) is 5.75 Å². The number of ether oxygens (including phenoxy) is 1. The molecule has 0 aromatic heterocycles. The van der Waals surface area contributed by atoms with E-state index in [0.717, 1.165) is 23.5 Å². The second kappa shape index (κ2) is 6.91. The molecule has 0 saturated heterocycles. The quantitative estimate of drug-likeness (QED) is 0.830. The highest BCUT2D eigenvalue weighted by Gasteiger charge is 2.00. The Balaban J connectivity index is 1.97. The van der Waals surface area contributed by atoms with Crippen molar-refractivity contribution in [1.82, 2.24) is 0 Å². The van der Waals surface area contributed by atoms with E-state index < -0.39 is 0 Å². The normalized spacial score (nSPS) is 9.90. The average molecular weight is 286 g/mol. The summed E-state index contributed by atoms with van der Waals surface area (Å²) in [6.07, 6.45) is 1.01. The van der Waals surface area contributed by atoms with Crippen molar-refractivity contribution in [2.75, 3.05) is 17.7 Å². The number of hydrogen-bond acceptors (Lipinski definition) is 2. The fraction of sp³-hybridized carbons (Fsp3) is 0.188. The Bertz CT molecular complexity index is 581. The fourth-order valence-electron chi connectivity index (χ4n) is 1.84. The molecule has 0 aliphatic carbocycles. The minimum atomic E-state index is 0.573. The summed E-state index contributed by atoms with van der Waals surface area (Å²) in [6, 6.07) is 15.9. The van der Waals surface area contributed by atoms with Gasteiger partial charge in [-0.15, -0.1) is 0 Å². The third kappa shape index (κ3) is 3.96. The number of nitrogens with one attached hydrogen (secondary N) is 2. The van der Waals surface area contributed by atoms with Crippen molar-refractivity contribution in [3.63, 3.8) is 0 Å². The standard InChI is InChI=1S/C16H18N2OS/c1-3-12-5-4-6-14(11-12)18-16(20)17-13-7-9-15(19-2)10-8-13/h4-11H,3H2,1-2H3,(H2,17,18,20). The lowest BCUT2D eigenvalue weighted by Crippen LogP contribution is -2.19. The van der Waals surface area contributed by atoms with Crippen LogP contribution in [-0.4, -0.2) is 12.2 Å². The highest BCUT2D eigenvalue weighted by molar-refractivity contribution is 7.80. The molecule has 4 heteroatoms. The molecule has 0 radical (unpaired) electrons. The zero-order valence-corrected chi connectivity index (χ0v) is 12.5. The molecule has 2 N–H and O–H groups in total. The summed E-state index contributed by atoms with van der Waals surface area (Å²) in [6.45, 7) is 2.13. The molecule has 0 fully saturated rings. The Hall–Kier alpha value is -2.07. The topological polar surface area (TPSA) is 33.3 Å². The first kappa shape index (κ1) is 14.3. The van der Waals surface area contributed by atoms with E-state index in [2.05, 4.69) is 29.7 Å². The number of methoxy groups -OCH3 is 1. The zero-order chi connectivity index (χ0) is 14.4. The predicted octanol–water partition coefficient (Wildman–Crippen LogP) is 4.07. The van der Waals surface area contributed by atoms with Crippen molar-refractivity contribution >= 4 is 28.7 Å². The molecule has 0 aliphatic rings. The van der Waals surface area contributed by atoms with Crippen LogP contribution in [0, 0.1) is 0 Å². The van der Waals surface area contributed by atoms with Gasteiger partial charge < -0.3 is 15.4 Å². The van der Waals surface area contributed by atoms with Gasteiger partial charge in [0.2, 0.25) is 0 Å². The van der Waals surface area contributed by atoms with Crippen LogP contribution in [0.15, 0.2) is 48.5 Å². The Morgan fingerprint density at radius 3 is 2.40 bits per heavy atom. The Labute approximate surface area is 125 Å². The van der Waals surface area contributed by atoms with Gasteiger partial charge in [-0.25, -0.2) is 0 Å². The molecular formula is C16H18N2OS. The lowest BCUT2D eigenvalue weighted by atomic mass is 10.1. The Kier molecular flexibility index (Phi) is 4.96. The first-order chi connectivity index (χ1) is 9.71. The fourth-order valence-corrected chi connectivity index (χ4v) is 2.07. The van der Waals surface area contributed by atoms with Gasteiger partial charge >= 0.3 is 0 Å². The molecule has 2 aromatic carbocycles. The van der Waals surface area contributed by atoms with Crippen LogP contribution in [0.4, 0.5) is 11.4 Å². The molecule has 20 heavy (non-hydrogen) atoms. The van der Waals surface area contributed by atoms with E-state index in [4.69, 9.17) is 17.0 Å². The van der Waals surface area contributed by atoms with E-state index >= 15 is 0 Å². The van der Waals surface area contributed by atoms with Crippen molar-refractivity contribution in [1.29, 1.82) is 0 Å². The van der Waals surface area contributed by atoms with Gasteiger partial charge in [0.15, 0.2) is 5.11 Å². The van der Waals surface area contributed by atoms with Crippen molar-refractivity contribution in [2.24, 2.45) is 0 Å². The molecule has 0 spiro atoms. The molecule has 3 nitrogen and oxygen atoms in total. The van der Waals surface area contributed by atoms with E-state index in [9.17, 15) is 0 Å². The van der Waals surface area contributed by atoms with Crippen LogP contribution in [0.5, 0.6) is 5.75 Å². The number of rotatable bonds is 4. The zero-order valence-electron chi connectivity index (χ0n) is 11.6. The Morgan fingerprint density at radius 1 is 1.05 bits per heavy atom. The molecule has 0 aliphatic heterocycles. The largest absolute Gasteiger partial charge is 0.497 e. The molecule has 104 valence electrons. The second-order valence-corrected chi connectivity index (χ2v) is 4.77. The van der Waals surface area contributed by atoms with E-state index in [1.807, 2.05) is 36.4 Å². The van der Waals surface area contributed by atoms with Crippen LogP contribution in [0.2, 0.25) is 0 Å². The van der Waals surface area contributed by atoms with Crippen LogP contribution in [0.1, 0.15) is 12.5 Å². The van der Waals surface area contributed by atoms with E-state index in [1.165, 1.54) is 5.56 Å². The van der Waals surface area contributed by atoms with E-state index in [0.29, 0.717) is 5.11 Å². The lowest BCUT2D eigenvalue weighted by Gasteiger charge is -2.11. The minimum absolute atomic E-state index is 0.573. The van der Waals surface area contributed by atoms with Gasteiger partial charge in [-0.2, -0.15) is 0 Å². The van der Waals surface area contributed by atoms with Gasteiger partial charge in [-0.1, -0.05) is 19.1 Å². The van der Waals surface area contributed by atoms with Gasteiger partial charge in [0.05, 0.1) is 7.11 Å². The SMILES string of the molecule is CCc1cccc(NC(=S)Nc2ccc(OC)cc2)c1. The maximum Gasteiger partial charge on any atom is 0.175 e. The van der Waals surface area contributed by atoms with Crippen LogP contribution >= 0.6 is 12.2 Å². The number of benzene rings is 2. The molecule has 0 heterocycles. The number of aryl methyl sites for hydroxylation is 1. The number of thiocarbonyl (C=S) groups is 1. The summed E-state index contributed by atoms with van der Waals surface area (Å²) < 4.78 is 5.12. The van der Waals surface area contributed by atoms with Crippen LogP contribution < -0.4 is 15.4 Å². The maximum absolute atomic E-state index is 5.31. The van der Waals surface area contributed by atoms with Crippen LogP contribution in [0.25, 0.3) is 0 Å². The average Bonchev–Trinajstić information content (AvgIpc) is 2.48. The maximum atomic E-state index is 5.31. The lowest BCUT2D eigenvalue weighted by molar-refractivity contribution is 0.415. The highest BCUT2D eigenvalue weighted by atomic mass is 32.1. The van der Waals surface area contributed by atoms with Gasteiger partial charge in [0, 0.05) is 11.4 Å². The predicted molar refractivity (Wildman–Crippen MR) is 88.7 cm³/mol. The van der Waals surface area contributed by atoms with E-state index in [-0.39, 0.29) is 0 Å². The summed E-state index contributed by atoms with van der Waals surface area (Å²) in [5.41, 5.74) is 3.20. The highest BCUT2D eigenvalue weighted by Crippen LogP contribution is 2.16. The van der Waals surface area contributed by atoms with Gasteiger partial charge in [-0.3, -0.25) is 0 Å². The smallest absolute Gasteiger partial charge is 0.175 e. The monoisotopic (exact) mass is 286 g/mol.